The molecule has 0 N–H and O–H groups in total. The lowest BCUT2D eigenvalue weighted by atomic mass is 10.1. The van der Waals surface area contributed by atoms with E-state index in [0.717, 1.165) is 25.0 Å². The number of carbonyl (C=O) groups is 1. The van der Waals surface area contributed by atoms with Crippen molar-refractivity contribution < 1.29 is 14.6 Å². The van der Waals surface area contributed by atoms with E-state index in [4.69, 9.17) is 4.74 Å². The summed E-state index contributed by atoms with van der Waals surface area (Å²) >= 11 is 0. The molecule has 1 rings (SSSR count). The molecule has 0 radical (unpaired) electrons. The van der Waals surface area contributed by atoms with Gasteiger partial charge in [-0.05, 0) is 24.4 Å². The van der Waals surface area contributed by atoms with E-state index in [0.29, 0.717) is 0 Å². The van der Waals surface area contributed by atoms with Crippen LogP contribution in [0.15, 0.2) is 34.9 Å². The number of hydrogen-bond acceptors (Lipinski definition) is 4. The summed E-state index contributed by atoms with van der Waals surface area (Å²) < 4.78 is 5.03. The summed E-state index contributed by atoms with van der Waals surface area (Å²) in [6.07, 6.45) is 9.02. The highest BCUT2D eigenvalue weighted by Gasteiger charge is 2.04. The summed E-state index contributed by atoms with van der Waals surface area (Å²) in [6, 6.07) is 0. The molecule has 0 aromatic rings. The summed E-state index contributed by atoms with van der Waals surface area (Å²) in [5.74, 6) is 1.71. The third-order valence-corrected chi connectivity index (χ3v) is 2.16. The normalized spacial score (nSPS) is 17.9. The lowest BCUT2D eigenvalue weighted by molar-refractivity contribution is -0.309. The molecule has 17 heavy (non-hydrogen) atoms. The number of unbranched alkanes of at least 4 members (excludes halogenated alkanes) is 1. The molecule has 0 atom stereocenters. The number of carboxylic acid groups (broad SMARTS) is 1. The lowest BCUT2D eigenvalue weighted by Crippen LogP contribution is -2.29. The highest BCUT2D eigenvalue weighted by atomic mass is 16.5. The second kappa shape index (κ2) is 7.60. The maximum Gasteiger partial charge on any atom is 0.0949 e. The third-order valence-electron chi connectivity index (χ3n) is 2.16. The lowest BCUT2D eigenvalue weighted by Gasteiger charge is -2.12. The number of carbonyl (C=O) groups excluding carboxylic acids is 1. The Labute approximate surface area is 101 Å². The van der Waals surface area contributed by atoms with E-state index < -0.39 is 12.6 Å². The minimum atomic E-state index is -1.21. The van der Waals surface area contributed by atoms with Gasteiger partial charge in [0.2, 0.25) is 0 Å². The van der Waals surface area contributed by atoms with Crippen LogP contribution in [0, 0.1) is 0 Å². The van der Waals surface area contributed by atoms with Crippen molar-refractivity contribution in [3.05, 3.63) is 29.9 Å². The van der Waals surface area contributed by atoms with Gasteiger partial charge in [-0.15, -0.1) is 0 Å². The predicted octanol–water partition coefficient (Wildman–Crippen LogP) is 0.644. The zero-order valence-electron chi connectivity index (χ0n) is 9.89. The highest BCUT2D eigenvalue weighted by molar-refractivity contribution is 5.67. The van der Waals surface area contributed by atoms with Crippen LogP contribution in [-0.4, -0.2) is 31.1 Å². The fourth-order valence-corrected chi connectivity index (χ4v) is 1.25. The molecule has 0 heterocycles. The molecule has 92 valence electrons. The number of nitrogens with zero attached hydrogens (tertiary/aromatic N) is 1. The number of rotatable bonds is 6. The van der Waals surface area contributed by atoms with Gasteiger partial charge in [0.25, 0.3) is 0 Å². The maximum absolute atomic E-state index is 10.2. The second-order valence-electron chi connectivity index (χ2n) is 3.67. The molecule has 0 aromatic heterocycles. The van der Waals surface area contributed by atoms with Crippen molar-refractivity contribution in [3.8, 4) is 0 Å². The van der Waals surface area contributed by atoms with Crippen LogP contribution in [0.4, 0.5) is 0 Å². The number of aliphatic carboxylic acids is 1. The smallest absolute Gasteiger partial charge is 0.0949 e. The molecule has 0 aliphatic heterocycles. The topological polar surface area (TPSA) is 61.7 Å². The average molecular weight is 234 g/mol. The van der Waals surface area contributed by atoms with Crippen molar-refractivity contribution in [3.63, 3.8) is 0 Å². The molecule has 4 nitrogen and oxygen atoms in total. The standard InChI is InChI=1S/C13H17NO3/c1-2-3-8-14-9-11-4-6-12(7-5-11)17-10-13(15)16/h4-7,12H,2-3,8,10H2,1H3,(H,15,16)/p-1. The molecule has 1 aliphatic rings. The van der Waals surface area contributed by atoms with Gasteiger partial charge in [0.1, 0.15) is 0 Å². The molecule has 0 amide bonds. The van der Waals surface area contributed by atoms with E-state index >= 15 is 0 Å². The quantitative estimate of drug-likeness (QED) is 0.500. The largest absolute Gasteiger partial charge is 0.548 e. The van der Waals surface area contributed by atoms with E-state index in [1.807, 2.05) is 12.2 Å². The Morgan fingerprint density at radius 3 is 2.82 bits per heavy atom. The van der Waals surface area contributed by atoms with Crippen LogP contribution in [-0.2, 0) is 9.53 Å². The van der Waals surface area contributed by atoms with Crippen molar-refractivity contribution >= 4 is 11.8 Å². The van der Waals surface area contributed by atoms with Crippen LogP contribution in [0.1, 0.15) is 19.8 Å². The maximum atomic E-state index is 10.2. The molecule has 0 spiro atoms. The summed E-state index contributed by atoms with van der Waals surface area (Å²) in [6.45, 7) is 2.50. The zero-order valence-corrected chi connectivity index (χ0v) is 9.89. The number of carboxylic acids is 1. The molecular formula is C13H16NO3-. The monoisotopic (exact) mass is 234 g/mol. The van der Waals surface area contributed by atoms with Gasteiger partial charge in [0.05, 0.1) is 18.7 Å². The summed E-state index contributed by atoms with van der Waals surface area (Å²) in [5.41, 5.74) is 0.870. The van der Waals surface area contributed by atoms with Gasteiger partial charge >= 0.3 is 0 Å². The molecule has 0 saturated carbocycles. The fraction of sp³-hybridized carbons (Fsp3) is 0.462. The zero-order chi connectivity index (χ0) is 12.5. The Morgan fingerprint density at radius 1 is 1.53 bits per heavy atom. The van der Waals surface area contributed by atoms with E-state index in [-0.39, 0.29) is 6.10 Å². The minimum absolute atomic E-state index is 0.311. The SMILES string of the molecule is CCCCN=C=C1C=CC(OCC(=O)[O-])C=C1. The summed E-state index contributed by atoms with van der Waals surface area (Å²) in [5, 5.41) is 10.2. The van der Waals surface area contributed by atoms with Crippen molar-refractivity contribution in [2.24, 2.45) is 4.99 Å². The Kier molecular flexibility index (Phi) is 6.00. The first-order valence-electron chi connectivity index (χ1n) is 5.69. The molecule has 0 unspecified atom stereocenters. The molecule has 4 heteroatoms. The number of allylic oxidation sites excluding steroid dienone is 3. The van der Waals surface area contributed by atoms with Crippen LogP contribution in [0.5, 0.6) is 0 Å². The van der Waals surface area contributed by atoms with Crippen molar-refractivity contribution in [2.45, 2.75) is 25.9 Å². The van der Waals surface area contributed by atoms with Gasteiger partial charge in [-0.25, -0.2) is 4.99 Å². The number of hydrogen-bond donors (Lipinski definition) is 0. The average Bonchev–Trinajstić information content (AvgIpc) is 2.33. The van der Waals surface area contributed by atoms with E-state index in [1.54, 1.807) is 12.2 Å². The summed E-state index contributed by atoms with van der Waals surface area (Å²) in [7, 11) is 0. The van der Waals surface area contributed by atoms with Crippen molar-refractivity contribution in [1.82, 2.24) is 0 Å². The molecule has 1 aliphatic carbocycles. The Morgan fingerprint density at radius 2 is 2.24 bits per heavy atom. The van der Waals surface area contributed by atoms with Crippen LogP contribution < -0.4 is 5.11 Å². The second-order valence-corrected chi connectivity index (χ2v) is 3.67. The van der Waals surface area contributed by atoms with Crippen LogP contribution >= 0.6 is 0 Å². The molecule has 0 aromatic carbocycles. The Hall–Kier alpha value is -1.64. The minimum Gasteiger partial charge on any atom is -0.548 e. The van der Waals surface area contributed by atoms with Gasteiger partial charge in [0.15, 0.2) is 0 Å². The molecule has 0 saturated heterocycles. The highest BCUT2D eigenvalue weighted by Crippen LogP contribution is 2.08. The molecule has 0 fully saturated rings. The summed E-state index contributed by atoms with van der Waals surface area (Å²) in [4.78, 5) is 14.3. The van der Waals surface area contributed by atoms with Crippen molar-refractivity contribution in [1.29, 1.82) is 0 Å². The van der Waals surface area contributed by atoms with Gasteiger partial charge in [0, 0.05) is 12.1 Å². The Balaban J connectivity index is 2.41. The van der Waals surface area contributed by atoms with Crippen molar-refractivity contribution in [2.75, 3.05) is 13.2 Å². The van der Waals surface area contributed by atoms with Crippen LogP contribution in [0.2, 0.25) is 0 Å². The van der Waals surface area contributed by atoms with Gasteiger partial charge in [-0.1, -0.05) is 25.5 Å². The van der Waals surface area contributed by atoms with Gasteiger partial charge in [-0.2, -0.15) is 0 Å². The van der Waals surface area contributed by atoms with E-state index in [9.17, 15) is 9.90 Å². The first kappa shape index (κ1) is 13.4. The number of aliphatic imine (C=N–C) groups is 1. The number of ether oxygens (including phenoxy) is 1. The van der Waals surface area contributed by atoms with Gasteiger partial charge in [-0.3, -0.25) is 0 Å². The molecular weight excluding hydrogens is 218 g/mol. The first-order valence-corrected chi connectivity index (χ1v) is 5.69. The van der Waals surface area contributed by atoms with E-state index in [2.05, 4.69) is 17.8 Å². The first-order chi connectivity index (χ1) is 8.22. The van der Waals surface area contributed by atoms with Gasteiger partial charge < -0.3 is 14.6 Å². The van der Waals surface area contributed by atoms with Crippen LogP contribution in [0.3, 0.4) is 0 Å². The third kappa shape index (κ3) is 5.85. The van der Waals surface area contributed by atoms with Crippen LogP contribution in [0.25, 0.3) is 0 Å². The van der Waals surface area contributed by atoms with E-state index in [1.165, 1.54) is 0 Å². The fourth-order valence-electron chi connectivity index (χ4n) is 1.25. The molecule has 0 bridgehead atoms. The Bertz CT molecular complexity index is 360. The predicted molar refractivity (Wildman–Crippen MR) is 63.8 cm³/mol.